The third-order valence-corrected chi connectivity index (χ3v) is 11.4. The van der Waals surface area contributed by atoms with E-state index in [1.807, 2.05) is 132 Å². The minimum Gasteiger partial charge on any atom is -0.449 e. The van der Waals surface area contributed by atoms with Crippen molar-refractivity contribution in [3.05, 3.63) is 119 Å². The summed E-state index contributed by atoms with van der Waals surface area (Å²) in [5, 5.41) is 24.0. The largest absolute Gasteiger partial charge is 0.449 e. The van der Waals surface area contributed by atoms with Crippen LogP contribution in [0.5, 0.6) is 0 Å². The van der Waals surface area contributed by atoms with Gasteiger partial charge in [0.1, 0.15) is 24.4 Å². The number of alkyl carbamates (subject to hydrolysis) is 4. The maximum atomic E-state index is 11.3. The zero-order valence-corrected chi connectivity index (χ0v) is 98.9. The topological polar surface area (TPSA) is 504 Å². The van der Waals surface area contributed by atoms with E-state index in [-0.39, 0.29) is 192 Å². The smallest absolute Gasteiger partial charge is 0.407 e. The molecule has 4 aromatic rings. The summed E-state index contributed by atoms with van der Waals surface area (Å²) in [6.07, 6.45) is 11.2. The summed E-state index contributed by atoms with van der Waals surface area (Å²) in [6, 6.07) is 33.2. The van der Waals surface area contributed by atoms with Crippen molar-refractivity contribution < 1.29 is 134 Å². The maximum Gasteiger partial charge on any atom is 0.407 e. The first-order valence-electron chi connectivity index (χ1n) is 46.6. The number of nitrogens with one attached hydrogen (secondary N) is 10. The number of hydrogen-bond donors (Lipinski definition) is 16. The van der Waals surface area contributed by atoms with E-state index < -0.39 is 0 Å². The Morgan fingerprint density at radius 2 is 0.373 bits per heavy atom. The molecule has 0 unspecified atom stereocenters. The van der Waals surface area contributed by atoms with Gasteiger partial charge < -0.3 is 107 Å². The van der Waals surface area contributed by atoms with Crippen LogP contribution in [0.15, 0.2) is 97.1 Å². The Bertz CT molecular complexity index is 2670. The predicted octanol–water partition coefficient (Wildman–Crippen LogP) is 22.7. The number of carbonyl (C=O) groups is 11. The van der Waals surface area contributed by atoms with Gasteiger partial charge in [-0.15, -0.1) is 0 Å². The maximum absolute atomic E-state index is 11.3. The number of primary amides is 1. The van der Waals surface area contributed by atoms with E-state index in [9.17, 15) is 52.7 Å². The van der Waals surface area contributed by atoms with Crippen LogP contribution in [-0.2, 0) is 104 Å². The number of amides is 11. The van der Waals surface area contributed by atoms with E-state index in [1.54, 1.807) is 70.5 Å². The average Bonchev–Trinajstić information content (AvgIpc) is 1.62. The van der Waals surface area contributed by atoms with Gasteiger partial charge in [0.15, 0.2) is 0 Å². The normalized spacial score (nSPS) is 7.88. The van der Waals surface area contributed by atoms with Crippen molar-refractivity contribution >= 4 is 65.7 Å². The number of benzene rings is 4. The second kappa shape index (κ2) is 195. The van der Waals surface area contributed by atoms with Gasteiger partial charge in [-0.05, 0) is 107 Å². The second-order valence-electron chi connectivity index (χ2n) is 26.3. The van der Waals surface area contributed by atoms with Crippen LogP contribution in [0.1, 0.15) is 393 Å². The molecule has 2 aliphatic carbocycles. The Labute approximate surface area is 912 Å². The van der Waals surface area contributed by atoms with Gasteiger partial charge in [0, 0.05) is 182 Å². The Morgan fingerprint density at radius 1 is 0.268 bits per heavy atom. The van der Waals surface area contributed by atoms with E-state index in [0.717, 1.165) is 0 Å². The molecular weight excluding hydrogens is 1930 g/mol. The number of quaternary nitrogens is 2. The average molecular weight is 2170 g/mol. The molecular formula is C108H244Mn3N16O15+2. The van der Waals surface area contributed by atoms with Gasteiger partial charge in [0.2, 0.25) is 41.4 Å². The van der Waals surface area contributed by atoms with Crippen molar-refractivity contribution in [2.45, 2.75) is 382 Å². The minimum atomic E-state index is -0.389. The monoisotopic (exact) mass is 2170 g/mol. The van der Waals surface area contributed by atoms with Gasteiger partial charge in [0.05, 0.1) is 14.1 Å². The zero-order chi connectivity index (χ0) is 110. The first kappa shape index (κ1) is 223. The molecule has 0 aliphatic heterocycles. The molecule has 0 spiro atoms. The molecule has 0 saturated carbocycles. The van der Waals surface area contributed by atoms with Crippen LogP contribution in [0.2, 0.25) is 0 Å². The van der Waals surface area contributed by atoms with E-state index in [0.29, 0.717) is 13.2 Å². The first-order valence-corrected chi connectivity index (χ1v) is 46.6. The van der Waals surface area contributed by atoms with Gasteiger partial charge >= 0.3 is 24.4 Å². The molecule has 0 saturated heterocycles. The number of fused-ring (bicyclic) bond motifs is 6. The number of nitrogens with two attached hydrogens (primary N) is 4. The summed E-state index contributed by atoms with van der Waals surface area (Å²) >= 11 is 0. The van der Waals surface area contributed by atoms with E-state index >= 15 is 0 Å². The van der Waals surface area contributed by atoms with Gasteiger partial charge in [-0.25, -0.2) is 19.2 Å². The van der Waals surface area contributed by atoms with Gasteiger partial charge in [0.25, 0.3) is 0 Å². The molecule has 0 heterocycles. The minimum absolute atomic E-state index is 0. The molecule has 11 amide bonds. The molecule has 0 fully saturated rings. The molecule has 142 heavy (non-hydrogen) atoms. The predicted molar refractivity (Wildman–Crippen MR) is 618 cm³/mol. The summed E-state index contributed by atoms with van der Waals surface area (Å²) in [5.41, 5.74) is 33.6. The fraction of sp³-hybridized carbons (Fsp3) is 0.676. The number of unbranched alkanes of at least 4 members (excludes halogenated alkanes) is 2. The van der Waals surface area contributed by atoms with Crippen molar-refractivity contribution in [3.63, 3.8) is 0 Å². The standard InChI is InChI=1S/2C16H15NO2.2C6H13NO2.2C4H10.6C3H7NO.6C3H8.C2H5NO.3C2H6.5CH5N.7CH4.3Mn/c2*1-17-16(18)19-10-15-13-8-4-2-6-11(13)12-7-3-5-9-14(12)15;2*1-6(2,3)9-5(8)7-4;2*1-3-4-2;6*1-3(5)4-2;6*1-3-2;1-2(3)4;8*1-2;;;;;;;;;;/h2*2-9,15H,10H2,1H3,(H,17,18);2*1-4H3,(H,7,8);2*3-4H2,1-2H3;6*1-2H3,(H,4,5);6*3H2,1-2H3;1H3,(H2,3,4);3*1-2H3;5*2H2,1H3;7*1H4;;;/p+2. The fourth-order valence-corrected chi connectivity index (χ4v) is 6.00. The van der Waals surface area contributed by atoms with Crippen LogP contribution in [-0.4, -0.2) is 196 Å². The number of carbonyl (C=O) groups excluding carboxylic acids is 11. The molecule has 3 radical (unpaired) electrons. The van der Waals surface area contributed by atoms with Crippen molar-refractivity contribution in [1.29, 1.82) is 0 Å². The van der Waals surface area contributed by atoms with Crippen LogP contribution in [0.3, 0.4) is 0 Å². The Morgan fingerprint density at radius 3 is 0.451 bits per heavy atom. The van der Waals surface area contributed by atoms with Crippen molar-refractivity contribution in [2.75, 3.05) is 119 Å². The molecule has 0 atom stereocenters. The third kappa shape index (κ3) is 217. The summed E-state index contributed by atoms with van der Waals surface area (Å²) in [5.74, 6) is -0.0469. The molecule has 0 bridgehead atoms. The van der Waals surface area contributed by atoms with Gasteiger partial charge in [-0.3, -0.25) is 33.6 Å². The van der Waals surface area contributed by atoms with Crippen molar-refractivity contribution in [1.82, 2.24) is 53.2 Å². The number of ether oxygens (including phenoxy) is 4. The zero-order valence-electron chi connectivity index (χ0n) is 95.4. The van der Waals surface area contributed by atoms with Crippen LogP contribution in [0, 0.1) is 0 Å². The SMILES string of the molecule is C.C.C.C.C.C.C.CC.CC.CC.CC(N)=O.CCC.CCC.CCC.CCC.CCC.CCC.CCCC.CCCC.CN.CN.CN.CNC(=O)OC(C)(C)C.CNC(=O)OC(C)(C)C.CNC(=O)OCC1c2ccccc2-c2ccccc21.CNC(=O)OCC1c2ccccc2-c2ccccc21.CNC(C)=O.CNC(C)=O.CNC(C)=O.CNC(C)=O.CNC(C)=O.CNC(C)=O.C[NH3+].C[NH3+].[Mn].[Mn].[Mn]. The van der Waals surface area contributed by atoms with Crippen LogP contribution >= 0.6 is 0 Å². The molecule has 0 aromatic heterocycles. The molecule has 24 N–H and O–H groups in total. The van der Waals surface area contributed by atoms with E-state index in [4.69, 9.17) is 18.9 Å². The Hall–Kier alpha value is -8.39. The second-order valence-corrected chi connectivity index (χ2v) is 26.3. The van der Waals surface area contributed by atoms with E-state index in [2.05, 4.69) is 247 Å². The summed E-state index contributed by atoms with van der Waals surface area (Å²) in [6.45, 7) is 68.0. The summed E-state index contributed by atoms with van der Waals surface area (Å²) in [7, 11) is 23.8. The number of rotatable bonds is 6. The van der Waals surface area contributed by atoms with Gasteiger partial charge in [-0.2, -0.15) is 0 Å². The Balaban J connectivity index is -0.0000000324. The molecule has 6 rings (SSSR count). The van der Waals surface area contributed by atoms with Gasteiger partial charge in [-0.1, -0.05) is 366 Å². The van der Waals surface area contributed by atoms with Crippen LogP contribution in [0.25, 0.3) is 22.3 Å². The summed E-state index contributed by atoms with van der Waals surface area (Å²) in [4.78, 5) is 111. The molecule has 34 heteroatoms. The quantitative estimate of drug-likeness (QED) is 0.0630. The van der Waals surface area contributed by atoms with Crippen molar-refractivity contribution in [3.8, 4) is 22.3 Å². The third-order valence-electron chi connectivity index (χ3n) is 11.4. The first-order chi connectivity index (χ1) is 62.2. The molecule has 2 aliphatic rings. The Kier molecular flexibility index (Phi) is 306. The van der Waals surface area contributed by atoms with Crippen LogP contribution < -0.4 is 87.6 Å². The molecule has 865 valence electrons. The molecule has 31 nitrogen and oxygen atoms in total. The fourth-order valence-electron chi connectivity index (χ4n) is 6.00. The van der Waals surface area contributed by atoms with Crippen molar-refractivity contribution in [2.24, 2.45) is 22.9 Å². The number of hydrogen-bond acceptors (Lipinski definition) is 18. The molecule has 4 aromatic carbocycles. The summed E-state index contributed by atoms with van der Waals surface area (Å²) < 4.78 is 20.2. The van der Waals surface area contributed by atoms with Crippen LogP contribution in [0.4, 0.5) is 19.2 Å². The van der Waals surface area contributed by atoms with E-state index in [1.165, 1.54) is 192 Å².